The van der Waals surface area contributed by atoms with E-state index in [0.29, 0.717) is 21.2 Å². The zero-order valence-electron chi connectivity index (χ0n) is 15.4. The fourth-order valence-corrected chi connectivity index (χ4v) is 4.17. The van der Waals surface area contributed by atoms with Crippen molar-refractivity contribution in [2.75, 3.05) is 12.4 Å². The first-order chi connectivity index (χ1) is 13.3. The highest BCUT2D eigenvalue weighted by atomic mass is 35.5. The number of halogens is 2. The maximum atomic E-state index is 12.7. The number of rotatable bonds is 4. The Balaban J connectivity index is 2.02. The third-order valence-electron chi connectivity index (χ3n) is 4.40. The summed E-state index contributed by atoms with van der Waals surface area (Å²) in [6.07, 6.45) is 0. The first-order valence-corrected chi connectivity index (χ1v) is 9.99. The Morgan fingerprint density at radius 2 is 1.79 bits per heavy atom. The summed E-state index contributed by atoms with van der Waals surface area (Å²) in [6, 6.07) is 10.6. The monoisotopic (exact) mass is 433 g/mol. The molecule has 2 aromatic carbocycles. The maximum absolute atomic E-state index is 12.7. The molecule has 28 heavy (non-hydrogen) atoms. The van der Waals surface area contributed by atoms with E-state index in [0.717, 1.165) is 16.7 Å². The first kappa shape index (κ1) is 20.4. The van der Waals surface area contributed by atoms with E-state index < -0.39 is 11.9 Å². The molecule has 0 aliphatic heterocycles. The molecular formula is C21H17Cl2NO3S. The number of aryl methyl sites for hydroxylation is 2. The van der Waals surface area contributed by atoms with Gasteiger partial charge in [0.1, 0.15) is 10.6 Å². The van der Waals surface area contributed by atoms with E-state index in [-0.39, 0.29) is 10.6 Å². The lowest BCUT2D eigenvalue weighted by molar-refractivity contribution is 0.0603. The van der Waals surface area contributed by atoms with Gasteiger partial charge in [0.05, 0.1) is 17.7 Å². The number of hydrogen-bond donors (Lipinski definition) is 1. The quantitative estimate of drug-likeness (QED) is 0.485. The van der Waals surface area contributed by atoms with Crippen molar-refractivity contribution in [3.05, 3.63) is 74.1 Å². The highest BCUT2D eigenvalue weighted by molar-refractivity contribution is 7.15. The summed E-state index contributed by atoms with van der Waals surface area (Å²) in [5.41, 5.74) is 4.43. The second kappa shape index (κ2) is 8.35. The molecule has 1 aromatic heterocycles. The molecule has 4 nitrogen and oxygen atoms in total. The molecular weight excluding hydrogens is 417 g/mol. The molecule has 3 rings (SSSR count). The summed E-state index contributed by atoms with van der Waals surface area (Å²) in [5.74, 6) is -0.952. The van der Waals surface area contributed by atoms with Gasteiger partial charge in [-0.2, -0.15) is 0 Å². The molecule has 0 bridgehead atoms. The van der Waals surface area contributed by atoms with Crippen molar-refractivity contribution in [3.63, 3.8) is 0 Å². The molecule has 0 unspecified atom stereocenters. The summed E-state index contributed by atoms with van der Waals surface area (Å²) >= 11 is 13.3. The number of anilines is 1. The number of nitrogens with one attached hydrogen (secondary N) is 1. The third kappa shape index (κ3) is 4.07. The number of hydrogen-bond acceptors (Lipinski definition) is 4. The number of thiophene rings is 1. The molecule has 0 fully saturated rings. The second-order valence-corrected chi connectivity index (χ2v) is 7.95. The van der Waals surface area contributed by atoms with E-state index in [1.807, 2.05) is 37.4 Å². The lowest BCUT2D eigenvalue weighted by Gasteiger charge is -2.10. The van der Waals surface area contributed by atoms with Gasteiger partial charge >= 0.3 is 5.97 Å². The van der Waals surface area contributed by atoms with Gasteiger partial charge in [0.25, 0.3) is 5.91 Å². The number of carbonyl (C=O) groups excluding carboxylic acids is 2. The number of benzene rings is 2. The number of ether oxygens (including phenoxy) is 1. The van der Waals surface area contributed by atoms with Gasteiger partial charge in [-0.05, 0) is 48.7 Å². The van der Waals surface area contributed by atoms with Crippen LogP contribution in [-0.2, 0) is 4.74 Å². The highest BCUT2D eigenvalue weighted by Crippen LogP contribution is 2.37. The minimum absolute atomic E-state index is 0.232. The Morgan fingerprint density at radius 3 is 2.43 bits per heavy atom. The molecule has 0 aliphatic carbocycles. The molecule has 1 N–H and O–H groups in total. The maximum Gasteiger partial charge on any atom is 0.341 e. The summed E-state index contributed by atoms with van der Waals surface area (Å²) in [7, 11) is 1.31. The molecule has 0 atom stereocenters. The Morgan fingerprint density at radius 1 is 1.04 bits per heavy atom. The molecule has 0 aliphatic rings. The molecule has 7 heteroatoms. The van der Waals surface area contributed by atoms with E-state index >= 15 is 0 Å². The van der Waals surface area contributed by atoms with Gasteiger partial charge in [-0.25, -0.2) is 4.79 Å². The normalized spacial score (nSPS) is 10.6. The van der Waals surface area contributed by atoms with E-state index in [9.17, 15) is 9.59 Å². The smallest absolute Gasteiger partial charge is 0.341 e. The number of amides is 1. The van der Waals surface area contributed by atoms with Crippen molar-refractivity contribution in [2.45, 2.75) is 13.8 Å². The van der Waals surface area contributed by atoms with Crippen molar-refractivity contribution in [2.24, 2.45) is 0 Å². The van der Waals surface area contributed by atoms with Crippen LogP contribution in [0.25, 0.3) is 11.1 Å². The molecule has 144 valence electrons. The van der Waals surface area contributed by atoms with Crippen LogP contribution in [0.1, 0.15) is 31.8 Å². The van der Waals surface area contributed by atoms with Gasteiger partial charge in [-0.15, -0.1) is 11.3 Å². The van der Waals surface area contributed by atoms with E-state index in [1.165, 1.54) is 30.6 Å². The van der Waals surface area contributed by atoms with Gasteiger partial charge in [0, 0.05) is 16.0 Å². The zero-order valence-corrected chi connectivity index (χ0v) is 17.8. The zero-order chi connectivity index (χ0) is 20.4. The van der Waals surface area contributed by atoms with Crippen LogP contribution in [0.2, 0.25) is 10.0 Å². The average Bonchev–Trinajstić information content (AvgIpc) is 3.06. The Hall–Kier alpha value is -2.34. The summed E-state index contributed by atoms with van der Waals surface area (Å²) in [5, 5.41) is 5.66. The fourth-order valence-electron chi connectivity index (χ4n) is 2.72. The standard InChI is InChI=1S/C21H17Cl2NO3S/c1-11-4-5-13(8-12(11)2)16-10-28-20(18(16)21(26)27-3)24-19(25)15-7-6-14(22)9-17(15)23/h4-10H,1-3H3,(H,24,25). The topological polar surface area (TPSA) is 55.4 Å². The number of esters is 1. The minimum Gasteiger partial charge on any atom is -0.465 e. The predicted octanol–water partition coefficient (Wildman–Crippen LogP) is 6.38. The second-order valence-electron chi connectivity index (χ2n) is 6.22. The number of carbonyl (C=O) groups is 2. The lowest BCUT2D eigenvalue weighted by atomic mass is 9.99. The molecule has 0 spiro atoms. The Kier molecular flexibility index (Phi) is 6.08. The van der Waals surface area contributed by atoms with Gasteiger partial charge in [-0.3, -0.25) is 4.79 Å². The van der Waals surface area contributed by atoms with Gasteiger partial charge < -0.3 is 10.1 Å². The van der Waals surface area contributed by atoms with Gasteiger partial charge in [-0.1, -0.05) is 41.4 Å². The van der Waals surface area contributed by atoms with Crippen molar-refractivity contribution >= 4 is 51.4 Å². The van der Waals surface area contributed by atoms with Crippen LogP contribution in [0.15, 0.2) is 41.8 Å². The molecule has 3 aromatic rings. The fraction of sp³-hybridized carbons (Fsp3) is 0.143. The summed E-state index contributed by atoms with van der Waals surface area (Å²) < 4.78 is 4.95. The SMILES string of the molecule is COC(=O)c1c(-c2ccc(C)c(C)c2)csc1NC(=O)c1ccc(Cl)cc1Cl. The van der Waals surface area contributed by atoms with Crippen LogP contribution >= 0.6 is 34.5 Å². The lowest BCUT2D eigenvalue weighted by Crippen LogP contribution is -2.14. The van der Waals surface area contributed by atoms with E-state index in [2.05, 4.69) is 5.32 Å². The van der Waals surface area contributed by atoms with E-state index in [1.54, 1.807) is 6.07 Å². The van der Waals surface area contributed by atoms with Crippen molar-refractivity contribution in [3.8, 4) is 11.1 Å². The summed E-state index contributed by atoms with van der Waals surface area (Å²) in [4.78, 5) is 25.1. The van der Waals surface area contributed by atoms with Gasteiger partial charge in [0.15, 0.2) is 0 Å². The molecule has 0 radical (unpaired) electrons. The third-order valence-corrected chi connectivity index (χ3v) is 5.84. The van der Waals surface area contributed by atoms with Crippen LogP contribution in [0, 0.1) is 13.8 Å². The van der Waals surface area contributed by atoms with Crippen molar-refractivity contribution in [1.29, 1.82) is 0 Å². The molecule has 0 saturated carbocycles. The Labute approximate surface area is 177 Å². The highest BCUT2D eigenvalue weighted by Gasteiger charge is 2.23. The van der Waals surface area contributed by atoms with Gasteiger partial charge in [0.2, 0.25) is 0 Å². The summed E-state index contributed by atoms with van der Waals surface area (Å²) in [6.45, 7) is 4.03. The Bertz CT molecular complexity index is 1080. The molecule has 1 amide bonds. The van der Waals surface area contributed by atoms with Crippen molar-refractivity contribution in [1.82, 2.24) is 0 Å². The largest absolute Gasteiger partial charge is 0.465 e. The number of methoxy groups -OCH3 is 1. The van der Waals surface area contributed by atoms with Crippen LogP contribution < -0.4 is 5.32 Å². The predicted molar refractivity (Wildman–Crippen MR) is 115 cm³/mol. The van der Waals surface area contributed by atoms with Crippen LogP contribution in [0.5, 0.6) is 0 Å². The van der Waals surface area contributed by atoms with Crippen LogP contribution in [0.3, 0.4) is 0 Å². The first-order valence-electron chi connectivity index (χ1n) is 8.35. The average molecular weight is 434 g/mol. The molecule has 1 heterocycles. The van der Waals surface area contributed by atoms with Crippen LogP contribution in [0.4, 0.5) is 5.00 Å². The van der Waals surface area contributed by atoms with Crippen molar-refractivity contribution < 1.29 is 14.3 Å². The van der Waals surface area contributed by atoms with E-state index in [4.69, 9.17) is 27.9 Å². The minimum atomic E-state index is -0.521. The van der Waals surface area contributed by atoms with Crippen LogP contribution in [-0.4, -0.2) is 19.0 Å². The molecule has 0 saturated heterocycles.